The largest absolute Gasteiger partial charge is 0.477 e. The number of nitrogens with one attached hydrogen (secondary N) is 2. The number of para-hydroxylation sites is 1. The van der Waals surface area contributed by atoms with E-state index in [9.17, 15) is 9.59 Å². The molecule has 3 N–H and O–H groups in total. The van der Waals surface area contributed by atoms with Gasteiger partial charge in [-0.2, -0.15) is 5.10 Å². The number of hydrogen-bond acceptors (Lipinski definition) is 4. The molecule has 92 valence electrons. The highest BCUT2D eigenvalue weighted by molar-refractivity contribution is 5.88. The normalized spacial score (nSPS) is 10.1. The van der Waals surface area contributed by atoms with Gasteiger partial charge in [-0.15, -0.1) is 0 Å². The number of carboxylic acids is 1. The van der Waals surface area contributed by atoms with Gasteiger partial charge in [0.1, 0.15) is 5.56 Å². The summed E-state index contributed by atoms with van der Waals surface area (Å²) in [6.45, 7) is 1.91. The number of anilines is 2. The van der Waals surface area contributed by atoms with Crippen molar-refractivity contribution in [3.8, 4) is 0 Å². The molecule has 0 radical (unpaired) electrons. The van der Waals surface area contributed by atoms with E-state index in [4.69, 9.17) is 5.11 Å². The molecule has 0 bridgehead atoms. The summed E-state index contributed by atoms with van der Waals surface area (Å²) in [6.07, 6.45) is 0. The number of hydrogen-bond donors (Lipinski definition) is 3. The zero-order valence-electron chi connectivity index (χ0n) is 9.60. The summed E-state index contributed by atoms with van der Waals surface area (Å²) in [4.78, 5) is 22.0. The number of carbonyl (C=O) groups is 1. The molecule has 6 nitrogen and oxygen atoms in total. The van der Waals surface area contributed by atoms with Crippen molar-refractivity contribution in [2.24, 2.45) is 0 Å². The second-order valence-corrected chi connectivity index (χ2v) is 3.74. The summed E-state index contributed by atoms with van der Waals surface area (Å²) in [6, 6.07) is 8.69. The molecule has 2 rings (SSSR count). The van der Waals surface area contributed by atoms with Gasteiger partial charge in [0.05, 0.1) is 0 Å². The van der Waals surface area contributed by atoms with Crippen molar-refractivity contribution in [3.05, 3.63) is 51.8 Å². The first kappa shape index (κ1) is 11.8. The summed E-state index contributed by atoms with van der Waals surface area (Å²) in [7, 11) is 0. The molecule has 0 aliphatic heterocycles. The van der Waals surface area contributed by atoms with E-state index in [1.165, 1.54) is 6.07 Å². The summed E-state index contributed by atoms with van der Waals surface area (Å²) in [5.41, 5.74) is 0.717. The molecule has 0 amide bonds. The lowest BCUT2D eigenvalue weighted by atomic mass is 10.2. The lowest BCUT2D eigenvalue weighted by molar-refractivity contribution is 0.0694. The van der Waals surface area contributed by atoms with E-state index in [0.29, 0.717) is 0 Å². The zero-order chi connectivity index (χ0) is 13.1. The van der Waals surface area contributed by atoms with Crippen molar-refractivity contribution in [3.63, 3.8) is 0 Å². The van der Waals surface area contributed by atoms with Crippen LogP contribution in [0.3, 0.4) is 0 Å². The molecule has 0 aliphatic rings. The molecule has 0 aliphatic carbocycles. The standard InChI is InChI=1S/C12H11N3O3/c1-7-4-2-3-5-9(7)13-10-6-8(12(17)18)11(16)15-14-10/h2-6H,1H3,(H,13,14)(H,15,16)(H,17,18). The van der Waals surface area contributed by atoms with Crippen LogP contribution < -0.4 is 10.9 Å². The first-order valence-corrected chi connectivity index (χ1v) is 5.23. The molecule has 0 spiro atoms. The number of rotatable bonds is 3. The maximum absolute atomic E-state index is 11.2. The Hall–Kier alpha value is -2.63. The molecule has 1 heterocycles. The maximum atomic E-state index is 11.2. The van der Waals surface area contributed by atoms with Crippen LogP contribution in [0.5, 0.6) is 0 Å². The van der Waals surface area contributed by atoms with E-state index < -0.39 is 11.5 Å². The molecule has 6 heteroatoms. The van der Waals surface area contributed by atoms with Gasteiger partial charge in [0.25, 0.3) is 5.56 Å². The molecule has 0 fully saturated rings. The second kappa shape index (κ2) is 4.70. The Morgan fingerprint density at radius 1 is 1.39 bits per heavy atom. The fraction of sp³-hybridized carbons (Fsp3) is 0.0833. The number of nitrogens with zero attached hydrogens (tertiary/aromatic N) is 1. The van der Waals surface area contributed by atoms with Crippen molar-refractivity contribution in [2.45, 2.75) is 6.92 Å². The van der Waals surface area contributed by atoms with E-state index in [1.54, 1.807) is 0 Å². The number of aryl methyl sites for hydroxylation is 1. The number of benzene rings is 1. The third-order valence-corrected chi connectivity index (χ3v) is 2.44. The first-order chi connectivity index (χ1) is 8.58. The molecular formula is C12H11N3O3. The molecular weight excluding hydrogens is 234 g/mol. The van der Waals surface area contributed by atoms with Crippen LogP contribution in [0, 0.1) is 6.92 Å². The molecule has 1 aromatic heterocycles. The Bertz CT molecular complexity index is 649. The summed E-state index contributed by atoms with van der Waals surface area (Å²) in [5.74, 6) is -1.01. The highest BCUT2D eigenvalue weighted by Crippen LogP contribution is 2.17. The topological polar surface area (TPSA) is 95.1 Å². The minimum atomic E-state index is -1.29. The Balaban J connectivity index is 2.36. The Morgan fingerprint density at radius 2 is 2.11 bits per heavy atom. The quantitative estimate of drug-likeness (QED) is 0.762. The highest BCUT2D eigenvalue weighted by atomic mass is 16.4. The van der Waals surface area contributed by atoms with Crippen LogP contribution in [0.2, 0.25) is 0 Å². The molecule has 0 unspecified atom stereocenters. The van der Waals surface area contributed by atoms with E-state index in [0.717, 1.165) is 11.3 Å². The van der Waals surface area contributed by atoms with E-state index in [1.807, 2.05) is 31.2 Å². The molecule has 1 aromatic carbocycles. The predicted octanol–water partition coefficient (Wildman–Crippen LogP) is 1.52. The lowest BCUT2D eigenvalue weighted by Crippen LogP contribution is -2.19. The minimum Gasteiger partial charge on any atom is -0.477 e. The number of H-pyrrole nitrogens is 1. The van der Waals surface area contributed by atoms with E-state index in [-0.39, 0.29) is 11.4 Å². The number of aromatic carboxylic acids is 1. The number of aromatic nitrogens is 2. The Morgan fingerprint density at radius 3 is 2.78 bits per heavy atom. The van der Waals surface area contributed by atoms with Crippen molar-refractivity contribution in [1.29, 1.82) is 0 Å². The van der Waals surface area contributed by atoms with Gasteiger partial charge >= 0.3 is 5.97 Å². The van der Waals surface area contributed by atoms with Crippen molar-refractivity contribution in [2.75, 3.05) is 5.32 Å². The lowest BCUT2D eigenvalue weighted by Gasteiger charge is -2.08. The smallest absolute Gasteiger partial charge is 0.341 e. The first-order valence-electron chi connectivity index (χ1n) is 5.23. The van der Waals surface area contributed by atoms with Crippen LogP contribution >= 0.6 is 0 Å². The highest BCUT2D eigenvalue weighted by Gasteiger charge is 2.10. The maximum Gasteiger partial charge on any atom is 0.341 e. The van der Waals surface area contributed by atoms with Crippen LogP contribution in [-0.4, -0.2) is 21.3 Å². The van der Waals surface area contributed by atoms with Crippen LogP contribution in [-0.2, 0) is 0 Å². The third kappa shape index (κ3) is 2.37. The van der Waals surface area contributed by atoms with Gasteiger partial charge in [0.2, 0.25) is 0 Å². The minimum absolute atomic E-state index is 0.279. The van der Waals surface area contributed by atoms with Gasteiger partial charge in [-0.05, 0) is 18.6 Å². The zero-order valence-corrected chi connectivity index (χ0v) is 9.60. The average Bonchev–Trinajstić information content (AvgIpc) is 2.34. The third-order valence-electron chi connectivity index (χ3n) is 2.44. The van der Waals surface area contributed by atoms with Gasteiger partial charge in [0, 0.05) is 11.8 Å². The summed E-state index contributed by atoms with van der Waals surface area (Å²) < 4.78 is 0. The number of aromatic amines is 1. The Labute approximate surface area is 102 Å². The molecule has 0 saturated carbocycles. The predicted molar refractivity (Wildman–Crippen MR) is 66.3 cm³/mol. The molecule has 0 atom stereocenters. The van der Waals surface area contributed by atoms with Gasteiger partial charge in [-0.1, -0.05) is 18.2 Å². The van der Waals surface area contributed by atoms with Crippen molar-refractivity contribution < 1.29 is 9.90 Å². The summed E-state index contributed by atoms with van der Waals surface area (Å²) >= 11 is 0. The van der Waals surface area contributed by atoms with E-state index >= 15 is 0 Å². The fourth-order valence-corrected chi connectivity index (χ4v) is 1.48. The monoisotopic (exact) mass is 245 g/mol. The van der Waals surface area contributed by atoms with Crippen LogP contribution in [0.4, 0.5) is 11.5 Å². The van der Waals surface area contributed by atoms with E-state index in [2.05, 4.69) is 15.5 Å². The van der Waals surface area contributed by atoms with Crippen LogP contribution in [0.15, 0.2) is 35.1 Å². The Kier molecular flexibility index (Phi) is 3.09. The average molecular weight is 245 g/mol. The van der Waals surface area contributed by atoms with Gasteiger partial charge in [-0.3, -0.25) is 4.79 Å². The molecule has 2 aromatic rings. The van der Waals surface area contributed by atoms with Gasteiger partial charge < -0.3 is 10.4 Å². The van der Waals surface area contributed by atoms with Gasteiger partial charge in [-0.25, -0.2) is 9.89 Å². The molecule has 18 heavy (non-hydrogen) atoms. The van der Waals surface area contributed by atoms with Gasteiger partial charge in [0.15, 0.2) is 5.82 Å². The fourth-order valence-electron chi connectivity index (χ4n) is 1.48. The van der Waals surface area contributed by atoms with Crippen LogP contribution in [0.25, 0.3) is 0 Å². The van der Waals surface area contributed by atoms with Crippen LogP contribution in [0.1, 0.15) is 15.9 Å². The SMILES string of the molecule is Cc1ccccc1Nc1cc(C(=O)O)c(=O)[nH]n1. The van der Waals surface area contributed by atoms with Crippen molar-refractivity contribution >= 4 is 17.5 Å². The molecule has 0 saturated heterocycles. The number of carboxylic acid groups (broad SMARTS) is 1. The second-order valence-electron chi connectivity index (χ2n) is 3.74. The van der Waals surface area contributed by atoms with Crippen molar-refractivity contribution in [1.82, 2.24) is 10.2 Å². The summed E-state index contributed by atoms with van der Waals surface area (Å²) in [5, 5.41) is 17.7.